The molecule has 94 valence electrons. The Morgan fingerprint density at radius 2 is 2.24 bits per heavy atom. The highest BCUT2D eigenvalue weighted by molar-refractivity contribution is 6.31. The third kappa shape index (κ3) is 3.41. The van der Waals surface area contributed by atoms with Gasteiger partial charge in [-0.05, 0) is 18.1 Å². The summed E-state index contributed by atoms with van der Waals surface area (Å²) in [6, 6.07) is 4.17. The van der Waals surface area contributed by atoms with Crippen LogP contribution in [0.4, 0.5) is 4.39 Å². The molecule has 0 saturated heterocycles. The predicted molar refractivity (Wildman–Crippen MR) is 62.2 cm³/mol. The molecular formula is C12H14ClFO3. The highest BCUT2D eigenvalue weighted by atomic mass is 35.5. The first-order valence-electron chi connectivity index (χ1n) is 5.16. The fourth-order valence-corrected chi connectivity index (χ4v) is 1.81. The number of halogens is 2. The van der Waals surface area contributed by atoms with E-state index in [0.717, 1.165) is 0 Å². The lowest BCUT2D eigenvalue weighted by Gasteiger charge is -2.19. The van der Waals surface area contributed by atoms with E-state index < -0.39 is 23.8 Å². The van der Waals surface area contributed by atoms with E-state index in [1.165, 1.54) is 25.3 Å². The molecule has 0 fully saturated rings. The maximum atomic E-state index is 13.5. The average Bonchev–Trinajstić information content (AvgIpc) is 2.28. The monoisotopic (exact) mass is 260 g/mol. The molecule has 0 saturated carbocycles. The SMILES string of the molecule is COC(=O)CC(C)C(O)c1c(F)cccc1Cl. The fraction of sp³-hybridized carbons (Fsp3) is 0.417. The molecule has 0 amide bonds. The van der Waals surface area contributed by atoms with Crippen molar-refractivity contribution in [3.63, 3.8) is 0 Å². The molecule has 1 N–H and O–H groups in total. The molecule has 0 bridgehead atoms. The minimum absolute atomic E-state index is 0.00231. The van der Waals surface area contributed by atoms with Gasteiger partial charge in [-0.1, -0.05) is 24.6 Å². The highest BCUT2D eigenvalue weighted by Crippen LogP contribution is 2.32. The van der Waals surface area contributed by atoms with Crippen LogP contribution in [0.3, 0.4) is 0 Å². The molecule has 0 aliphatic heterocycles. The molecule has 17 heavy (non-hydrogen) atoms. The second kappa shape index (κ2) is 5.98. The molecular weight excluding hydrogens is 247 g/mol. The summed E-state index contributed by atoms with van der Waals surface area (Å²) in [6.07, 6.45) is -1.13. The summed E-state index contributed by atoms with van der Waals surface area (Å²) in [6.45, 7) is 1.63. The molecule has 0 aliphatic rings. The van der Waals surface area contributed by atoms with Crippen LogP contribution in [-0.2, 0) is 9.53 Å². The van der Waals surface area contributed by atoms with Crippen LogP contribution >= 0.6 is 11.6 Å². The standard InChI is InChI=1S/C12H14ClFO3/c1-7(6-10(15)17-2)12(16)11-8(13)4-3-5-9(11)14/h3-5,7,12,16H,6H2,1-2H3. The normalized spacial score (nSPS) is 14.2. The van der Waals surface area contributed by atoms with Gasteiger partial charge in [0.1, 0.15) is 5.82 Å². The van der Waals surface area contributed by atoms with Gasteiger partial charge in [0.05, 0.1) is 19.6 Å². The van der Waals surface area contributed by atoms with Crippen LogP contribution in [0.5, 0.6) is 0 Å². The van der Waals surface area contributed by atoms with E-state index in [1.807, 2.05) is 0 Å². The number of rotatable bonds is 4. The molecule has 1 aromatic carbocycles. The van der Waals surface area contributed by atoms with Gasteiger partial charge >= 0.3 is 5.97 Å². The summed E-state index contributed by atoms with van der Waals surface area (Å²) in [4.78, 5) is 11.1. The van der Waals surface area contributed by atoms with Gasteiger partial charge in [0.25, 0.3) is 0 Å². The van der Waals surface area contributed by atoms with Crippen LogP contribution in [-0.4, -0.2) is 18.2 Å². The number of hydrogen-bond donors (Lipinski definition) is 1. The van der Waals surface area contributed by atoms with Gasteiger partial charge in [-0.15, -0.1) is 0 Å². The van der Waals surface area contributed by atoms with E-state index in [4.69, 9.17) is 11.6 Å². The summed E-state index contributed by atoms with van der Waals surface area (Å²) in [5.41, 5.74) is 0.0190. The molecule has 5 heteroatoms. The lowest BCUT2D eigenvalue weighted by molar-refractivity contribution is -0.142. The molecule has 0 heterocycles. The van der Waals surface area contributed by atoms with Crippen LogP contribution in [0.15, 0.2) is 18.2 Å². The molecule has 0 aromatic heterocycles. The van der Waals surface area contributed by atoms with Gasteiger partial charge in [0, 0.05) is 10.6 Å². The second-order valence-corrected chi connectivity index (χ2v) is 4.24. The number of ether oxygens (including phenoxy) is 1. The van der Waals surface area contributed by atoms with Gasteiger partial charge in [0.2, 0.25) is 0 Å². The number of benzene rings is 1. The Labute approximate surface area is 104 Å². The maximum Gasteiger partial charge on any atom is 0.305 e. The van der Waals surface area contributed by atoms with Crippen molar-refractivity contribution in [2.75, 3.05) is 7.11 Å². The van der Waals surface area contributed by atoms with Crippen molar-refractivity contribution in [3.05, 3.63) is 34.6 Å². The first-order valence-corrected chi connectivity index (χ1v) is 5.54. The minimum Gasteiger partial charge on any atom is -0.469 e. The summed E-state index contributed by atoms with van der Waals surface area (Å²) < 4.78 is 18.0. The quantitative estimate of drug-likeness (QED) is 0.847. The number of carbonyl (C=O) groups is 1. The smallest absolute Gasteiger partial charge is 0.305 e. The molecule has 2 atom stereocenters. The van der Waals surface area contributed by atoms with Crippen LogP contribution in [0.1, 0.15) is 25.0 Å². The second-order valence-electron chi connectivity index (χ2n) is 3.84. The van der Waals surface area contributed by atoms with Gasteiger partial charge in [-0.3, -0.25) is 4.79 Å². The molecule has 0 radical (unpaired) electrons. The zero-order chi connectivity index (χ0) is 13.0. The van der Waals surface area contributed by atoms with E-state index >= 15 is 0 Å². The number of esters is 1. The molecule has 0 spiro atoms. The molecule has 0 aliphatic carbocycles. The van der Waals surface area contributed by atoms with Crippen molar-refractivity contribution >= 4 is 17.6 Å². The van der Waals surface area contributed by atoms with E-state index in [1.54, 1.807) is 6.92 Å². The third-order valence-corrected chi connectivity index (χ3v) is 2.88. The Hall–Kier alpha value is -1.13. The van der Waals surface area contributed by atoms with E-state index in [-0.39, 0.29) is 17.0 Å². The fourth-order valence-electron chi connectivity index (χ4n) is 1.54. The van der Waals surface area contributed by atoms with Gasteiger partial charge in [0.15, 0.2) is 0 Å². The molecule has 1 aromatic rings. The Bertz CT molecular complexity index is 388. The third-order valence-electron chi connectivity index (χ3n) is 2.55. The summed E-state index contributed by atoms with van der Waals surface area (Å²) in [5.74, 6) is -1.51. The minimum atomic E-state index is -1.14. The van der Waals surface area contributed by atoms with Gasteiger partial charge < -0.3 is 9.84 Å². The topological polar surface area (TPSA) is 46.5 Å². The maximum absolute atomic E-state index is 13.5. The van der Waals surface area contributed by atoms with Gasteiger partial charge in [-0.25, -0.2) is 4.39 Å². The van der Waals surface area contributed by atoms with Crippen LogP contribution in [0.25, 0.3) is 0 Å². The van der Waals surface area contributed by atoms with Gasteiger partial charge in [-0.2, -0.15) is 0 Å². The first kappa shape index (κ1) is 13.9. The van der Waals surface area contributed by atoms with Crippen molar-refractivity contribution in [3.8, 4) is 0 Å². The number of hydrogen-bond acceptors (Lipinski definition) is 3. The lowest BCUT2D eigenvalue weighted by Crippen LogP contribution is -2.16. The molecule has 3 nitrogen and oxygen atoms in total. The van der Waals surface area contributed by atoms with Crippen molar-refractivity contribution in [2.45, 2.75) is 19.4 Å². The molecule has 1 rings (SSSR count). The Balaban J connectivity index is 2.88. The summed E-state index contributed by atoms with van der Waals surface area (Å²) in [7, 11) is 1.26. The Morgan fingerprint density at radius 3 is 2.76 bits per heavy atom. The zero-order valence-corrected chi connectivity index (χ0v) is 10.4. The molecule has 2 unspecified atom stereocenters. The average molecular weight is 261 g/mol. The van der Waals surface area contributed by atoms with E-state index in [9.17, 15) is 14.3 Å². The Morgan fingerprint density at radius 1 is 1.59 bits per heavy atom. The lowest BCUT2D eigenvalue weighted by atomic mass is 9.94. The van der Waals surface area contributed by atoms with Crippen molar-refractivity contribution in [2.24, 2.45) is 5.92 Å². The number of methoxy groups -OCH3 is 1. The first-order chi connectivity index (χ1) is 7.97. The van der Waals surface area contributed by atoms with E-state index in [2.05, 4.69) is 4.74 Å². The predicted octanol–water partition coefficient (Wildman–Crippen LogP) is 2.71. The number of aliphatic hydroxyl groups excluding tert-OH is 1. The van der Waals surface area contributed by atoms with Crippen LogP contribution in [0.2, 0.25) is 5.02 Å². The number of carbonyl (C=O) groups excluding carboxylic acids is 1. The van der Waals surface area contributed by atoms with Crippen LogP contribution < -0.4 is 0 Å². The van der Waals surface area contributed by atoms with E-state index in [0.29, 0.717) is 0 Å². The zero-order valence-electron chi connectivity index (χ0n) is 9.61. The van der Waals surface area contributed by atoms with Crippen molar-refractivity contribution in [1.82, 2.24) is 0 Å². The Kier molecular flexibility index (Phi) is 4.90. The van der Waals surface area contributed by atoms with Crippen LogP contribution in [0, 0.1) is 11.7 Å². The number of aliphatic hydroxyl groups is 1. The van der Waals surface area contributed by atoms with Crippen molar-refractivity contribution < 1.29 is 19.0 Å². The highest BCUT2D eigenvalue weighted by Gasteiger charge is 2.24. The van der Waals surface area contributed by atoms with Crippen molar-refractivity contribution in [1.29, 1.82) is 0 Å². The largest absolute Gasteiger partial charge is 0.469 e. The summed E-state index contributed by atoms with van der Waals surface area (Å²) in [5, 5.41) is 10.1. The summed E-state index contributed by atoms with van der Waals surface area (Å²) >= 11 is 5.82.